The molecular weight excluding hydrogens is 517 g/mol. The Morgan fingerprint density at radius 3 is 2.15 bits per heavy atom. The highest BCUT2D eigenvalue weighted by Crippen LogP contribution is 2.23. The second-order valence-electron chi connectivity index (χ2n) is 10.0. The Morgan fingerprint density at radius 1 is 0.923 bits per heavy atom. The number of hydrogen-bond acceptors (Lipinski definition) is 4. The van der Waals surface area contributed by atoms with Crippen LogP contribution in [0.4, 0.5) is 10.1 Å². The van der Waals surface area contributed by atoms with Gasteiger partial charge in [0.25, 0.3) is 0 Å². The van der Waals surface area contributed by atoms with Gasteiger partial charge < -0.3 is 10.2 Å². The maximum atomic E-state index is 14.8. The van der Waals surface area contributed by atoms with Crippen LogP contribution in [0.5, 0.6) is 0 Å². The van der Waals surface area contributed by atoms with Gasteiger partial charge in [-0.3, -0.25) is 13.9 Å². The molecule has 0 fully saturated rings. The molecule has 0 bridgehead atoms. The van der Waals surface area contributed by atoms with Gasteiger partial charge in [-0.1, -0.05) is 54.6 Å². The minimum Gasteiger partial charge on any atom is -0.352 e. The molecule has 1 N–H and O–H groups in total. The van der Waals surface area contributed by atoms with E-state index in [1.54, 1.807) is 36.4 Å². The Labute approximate surface area is 230 Å². The molecule has 0 aliphatic heterocycles. The van der Waals surface area contributed by atoms with Crippen LogP contribution >= 0.6 is 0 Å². The fourth-order valence-electron chi connectivity index (χ4n) is 4.24. The van der Waals surface area contributed by atoms with Gasteiger partial charge in [-0.15, -0.1) is 0 Å². The molecule has 0 saturated heterocycles. The van der Waals surface area contributed by atoms with Crippen LogP contribution in [0.25, 0.3) is 0 Å². The number of benzene rings is 3. The van der Waals surface area contributed by atoms with Crippen LogP contribution in [0.1, 0.15) is 36.1 Å². The Bertz CT molecular complexity index is 1410. The SMILES string of the molecule is Cc1ccc(N(CC(=O)N(Cc2ccccc2F)C(Cc2ccccc2)C(=O)NC(C)C)S(C)(=O)=O)cc1C. The van der Waals surface area contributed by atoms with Crippen LogP contribution in [0, 0.1) is 19.7 Å². The van der Waals surface area contributed by atoms with Gasteiger partial charge in [-0.2, -0.15) is 0 Å². The second kappa shape index (κ2) is 12.9. The van der Waals surface area contributed by atoms with Crippen molar-refractivity contribution in [2.75, 3.05) is 17.1 Å². The topological polar surface area (TPSA) is 86.8 Å². The van der Waals surface area contributed by atoms with E-state index >= 15 is 0 Å². The summed E-state index contributed by atoms with van der Waals surface area (Å²) in [5.74, 6) is -1.55. The standard InChI is InChI=1S/C30H36FN3O4S/c1-21(2)32-30(36)28(18-24-11-7-6-8-12-24)33(19-25-13-9-10-14-27(25)31)29(35)20-34(39(5,37)38)26-16-15-22(3)23(4)17-26/h6-17,21,28H,18-20H2,1-5H3,(H,32,36). The van der Waals surface area contributed by atoms with E-state index < -0.39 is 40.2 Å². The van der Waals surface area contributed by atoms with E-state index in [-0.39, 0.29) is 24.6 Å². The lowest BCUT2D eigenvalue weighted by Crippen LogP contribution is -2.54. The summed E-state index contributed by atoms with van der Waals surface area (Å²) in [6.07, 6.45) is 1.20. The van der Waals surface area contributed by atoms with Crippen molar-refractivity contribution in [1.29, 1.82) is 0 Å². The van der Waals surface area contributed by atoms with Crippen LogP contribution in [-0.2, 0) is 32.6 Å². The molecule has 9 heteroatoms. The summed E-state index contributed by atoms with van der Waals surface area (Å²) in [4.78, 5) is 28.7. The molecule has 3 aromatic carbocycles. The maximum absolute atomic E-state index is 14.8. The molecule has 0 spiro atoms. The molecule has 0 radical (unpaired) electrons. The van der Waals surface area contributed by atoms with Crippen molar-refractivity contribution >= 4 is 27.5 Å². The first-order valence-electron chi connectivity index (χ1n) is 12.8. The van der Waals surface area contributed by atoms with Crippen molar-refractivity contribution < 1.29 is 22.4 Å². The third-order valence-corrected chi connectivity index (χ3v) is 7.60. The lowest BCUT2D eigenvalue weighted by Gasteiger charge is -2.34. The van der Waals surface area contributed by atoms with E-state index in [2.05, 4.69) is 5.32 Å². The van der Waals surface area contributed by atoms with E-state index in [1.807, 2.05) is 58.0 Å². The van der Waals surface area contributed by atoms with Crippen molar-refractivity contribution in [3.8, 4) is 0 Å². The average molecular weight is 554 g/mol. The minimum absolute atomic E-state index is 0.169. The molecule has 7 nitrogen and oxygen atoms in total. The minimum atomic E-state index is -3.87. The molecule has 0 aromatic heterocycles. The molecule has 3 aromatic rings. The van der Waals surface area contributed by atoms with Gasteiger partial charge in [-0.05, 0) is 62.6 Å². The number of rotatable bonds is 11. The summed E-state index contributed by atoms with van der Waals surface area (Å²) >= 11 is 0. The van der Waals surface area contributed by atoms with Crippen LogP contribution < -0.4 is 9.62 Å². The molecule has 208 valence electrons. The first kappa shape index (κ1) is 29.8. The van der Waals surface area contributed by atoms with E-state index in [1.165, 1.54) is 11.0 Å². The normalized spacial score (nSPS) is 12.2. The van der Waals surface area contributed by atoms with Gasteiger partial charge in [0.15, 0.2) is 0 Å². The van der Waals surface area contributed by atoms with E-state index in [9.17, 15) is 22.4 Å². The van der Waals surface area contributed by atoms with Crippen molar-refractivity contribution in [1.82, 2.24) is 10.2 Å². The molecule has 3 rings (SSSR count). The summed E-state index contributed by atoms with van der Waals surface area (Å²) in [6, 6.07) is 19.2. The number of hydrogen-bond donors (Lipinski definition) is 1. The van der Waals surface area contributed by atoms with Crippen molar-refractivity contribution in [3.05, 3.63) is 101 Å². The number of sulfonamides is 1. The highest BCUT2D eigenvalue weighted by atomic mass is 32.2. The highest BCUT2D eigenvalue weighted by Gasteiger charge is 2.33. The number of amides is 2. The van der Waals surface area contributed by atoms with Gasteiger partial charge in [-0.25, -0.2) is 12.8 Å². The lowest BCUT2D eigenvalue weighted by atomic mass is 10.0. The number of carbonyl (C=O) groups is 2. The quantitative estimate of drug-likeness (QED) is 0.382. The first-order valence-corrected chi connectivity index (χ1v) is 14.6. The molecule has 0 aliphatic carbocycles. The Hall–Kier alpha value is -3.72. The largest absolute Gasteiger partial charge is 0.352 e. The van der Waals surface area contributed by atoms with Crippen molar-refractivity contribution in [3.63, 3.8) is 0 Å². The predicted octanol–water partition coefficient (Wildman–Crippen LogP) is 4.37. The number of nitrogens with zero attached hydrogens (tertiary/aromatic N) is 2. The zero-order valence-electron chi connectivity index (χ0n) is 23.0. The second-order valence-corrected chi connectivity index (χ2v) is 11.9. The fourth-order valence-corrected chi connectivity index (χ4v) is 5.08. The lowest BCUT2D eigenvalue weighted by molar-refractivity contribution is -0.140. The van der Waals surface area contributed by atoms with Gasteiger partial charge >= 0.3 is 0 Å². The van der Waals surface area contributed by atoms with Crippen molar-refractivity contribution in [2.24, 2.45) is 0 Å². The molecule has 0 saturated carbocycles. The summed E-state index contributed by atoms with van der Waals surface area (Å²) in [7, 11) is -3.87. The number of halogens is 1. The Kier molecular flexibility index (Phi) is 9.86. The fraction of sp³-hybridized carbons (Fsp3) is 0.333. The summed E-state index contributed by atoms with van der Waals surface area (Å²) in [5.41, 5.74) is 3.22. The Balaban J connectivity index is 2.08. The van der Waals surface area contributed by atoms with Crippen LogP contribution in [0.3, 0.4) is 0 Å². The first-order chi connectivity index (χ1) is 18.4. The highest BCUT2D eigenvalue weighted by molar-refractivity contribution is 7.92. The van der Waals surface area contributed by atoms with Gasteiger partial charge in [0.2, 0.25) is 21.8 Å². The number of nitrogens with one attached hydrogen (secondary N) is 1. The van der Waals surface area contributed by atoms with E-state index in [0.717, 1.165) is 27.3 Å². The maximum Gasteiger partial charge on any atom is 0.244 e. The van der Waals surface area contributed by atoms with Crippen molar-refractivity contribution in [2.45, 2.75) is 52.7 Å². The molecule has 1 atom stereocenters. The third-order valence-electron chi connectivity index (χ3n) is 6.46. The number of carbonyl (C=O) groups excluding carboxylic acids is 2. The van der Waals surface area contributed by atoms with Crippen LogP contribution in [-0.4, -0.2) is 50.0 Å². The van der Waals surface area contributed by atoms with E-state index in [0.29, 0.717) is 5.69 Å². The van der Waals surface area contributed by atoms with Crippen LogP contribution in [0.15, 0.2) is 72.8 Å². The molecule has 2 amide bonds. The summed E-state index contributed by atoms with van der Waals surface area (Å²) in [6.45, 7) is 6.64. The monoisotopic (exact) mass is 553 g/mol. The molecule has 0 aliphatic rings. The van der Waals surface area contributed by atoms with Gasteiger partial charge in [0.1, 0.15) is 18.4 Å². The zero-order chi connectivity index (χ0) is 28.7. The molecule has 39 heavy (non-hydrogen) atoms. The number of anilines is 1. The number of aryl methyl sites for hydroxylation is 2. The van der Waals surface area contributed by atoms with Crippen LogP contribution in [0.2, 0.25) is 0 Å². The third kappa shape index (κ3) is 8.13. The average Bonchev–Trinajstić information content (AvgIpc) is 2.87. The summed E-state index contributed by atoms with van der Waals surface area (Å²) in [5, 5.41) is 2.87. The predicted molar refractivity (Wildman–Crippen MR) is 152 cm³/mol. The Morgan fingerprint density at radius 2 is 1.56 bits per heavy atom. The zero-order valence-corrected chi connectivity index (χ0v) is 23.8. The smallest absolute Gasteiger partial charge is 0.244 e. The van der Waals surface area contributed by atoms with Gasteiger partial charge in [0, 0.05) is 24.6 Å². The van der Waals surface area contributed by atoms with Gasteiger partial charge in [0.05, 0.1) is 11.9 Å². The molecule has 1 unspecified atom stereocenters. The van der Waals surface area contributed by atoms with E-state index in [4.69, 9.17) is 0 Å². The molecule has 0 heterocycles. The molecular formula is C30H36FN3O4S. The summed E-state index contributed by atoms with van der Waals surface area (Å²) < 4.78 is 41.5.